The van der Waals surface area contributed by atoms with E-state index in [-0.39, 0.29) is 30.4 Å². The number of nitrogens with one attached hydrogen (secondary N) is 1. The van der Waals surface area contributed by atoms with Gasteiger partial charge in [0, 0.05) is 13.1 Å². The highest BCUT2D eigenvalue weighted by atomic mass is 16.5. The van der Waals surface area contributed by atoms with Gasteiger partial charge < -0.3 is 15.0 Å². The van der Waals surface area contributed by atoms with E-state index in [2.05, 4.69) is 5.32 Å². The zero-order valence-electron chi connectivity index (χ0n) is 12.9. The molecule has 7 nitrogen and oxygen atoms in total. The highest BCUT2D eigenvalue weighted by Crippen LogP contribution is 2.24. The number of hydrogen-bond donors (Lipinski definition) is 1. The molecule has 2 fully saturated rings. The van der Waals surface area contributed by atoms with Crippen molar-refractivity contribution in [2.45, 2.75) is 19.4 Å². The van der Waals surface area contributed by atoms with Crippen LogP contribution >= 0.6 is 0 Å². The molecule has 2 saturated heterocycles. The number of hydrogen-bond acceptors (Lipinski definition) is 4. The maximum absolute atomic E-state index is 12.7. The Kier molecular flexibility index (Phi) is 4.18. The van der Waals surface area contributed by atoms with E-state index in [0.29, 0.717) is 37.4 Å². The molecule has 2 aliphatic rings. The van der Waals surface area contributed by atoms with Crippen molar-refractivity contribution in [1.29, 1.82) is 0 Å². The Morgan fingerprint density at radius 3 is 2.83 bits per heavy atom. The molecule has 1 aromatic rings. The molecule has 122 valence electrons. The lowest BCUT2D eigenvalue weighted by atomic mass is 10.1. The van der Waals surface area contributed by atoms with Crippen molar-refractivity contribution in [1.82, 2.24) is 15.1 Å². The summed E-state index contributed by atoms with van der Waals surface area (Å²) >= 11 is 0. The van der Waals surface area contributed by atoms with Crippen LogP contribution < -0.4 is 10.1 Å². The molecule has 1 N–H and O–H groups in total. The Labute approximate surface area is 134 Å². The largest absolute Gasteiger partial charge is 0.493 e. The highest BCUT2D eigenvalue weighted by Gasteiger charge is 2.40. The molecule has 0 aromatic heterocycles. The van der Waals surface area contributed by atoms with Crippen molar-refractivity contribution in [3.05, 3.63) is 29.8 Å². The van der Waals surface area contributed by atoms with Crippen LogP contribution in [0, 0.1) is 0 Å². The molecule has 0 bridgehead atoms. The second-order valence-electron chi connectivity index (χ2n) is 5.55. The zero-order valence-corrected chi connectivity index (χ0v) is 12.9. The van der Waals surface area contributed by atoms with Gasteiger partial charge in [0.05, 0.1) is 24.8 Å². The normalized spacial score (nSPS) is 20.8. The first kappa shape index (κ1) is 15.3. The van der Waals surface area contributed by atoms with Crippen LogP contribution in [0.2, 0.25) is 0 Å². The summed E-state index contributed by atoms with van der Waals surface area (Å²) in [7, 11) is 0. The third-order valence-electron chi connectivity index (χ3n) is 4.11. The Bertz CT molecular complexity index is 630. The Balaban J connectivity index is 1.73. The molecule has 0 saturated carbocycles. The van der Waals surface area contributed by atoms with E-state index in [1.165, 1.54) is 4.90 Å². The van der Waals surface area contributed by atoms with Crippen LogP contribution in [-0.2, 0) is 4.79 Å². The molecule has 3 rings (SSSR count). The SMILES string of the molecule is CCOc1ccccc1C(=O)N1CCC(N2C(=O)CNC2=O)C1. The standard InChI is InChI=1S/C16H19N3O4/c1-2-23-13-6-4-3-5-12(13)15(21)18-8-7-11(10-18)19-14(20)9-17-16(19)22/h3-6,11H,2,7-10H2,1H3,(H,17,22). The van der Waals surface area contributed by atoms with Gasteiger partial charge >= 0.3 is 6.03 Å². The fourth-order valence-corrected chi connectivity index (χ4v) is 3.04. The third-order valence-corrected chi connectivity index (χ3v) is 4.11. The molecule has 0 radical (unpaired) electrons. The summed E-state index contributed by atoms with van der Waals surface area (Å²) in [5, 5.41) is 2.51. The molecule has 2 aliphatic heterocycles. The number of benzene rings is 1. The van der Waals surface area contributed by atoms with Crippen LogP contribution in [0.4, 0.5) is 4.79 Å². The molecular weight excluding hydrogens is 298 g/mol. The van der Waals surface area contributed by atoms with Crippen LogP contribution in [0.5, 0.6) is 5.75 Å². The summed E-state index contributed by atoms with van der Waals surface area (Å²) in [6, 6.07) is 6.48. The summed E-state index contributed by atoms with van der Waals surface area (Å²) in [6.45, 7) is 3.26. The van der Waals surface area contributed by atoms with Crippen LogP contribution in [-0.4, -0.2) is 59.9 Å². The molecule has 4 amide bonds. The highest BCUT2D eigenvalue weighted by molar-refractivity contribution is 6.02. The summed E-state index contributed by atoms with van der Waals surface area (Å²) in [5.74, 6) is 0.186. The number of likely N-dealkylation sites (tertiary alicyclic amines) is 1. The van der Waals surface area contributed by atoms with Crippen molar-refractivity contribution in [3.8, 4) is 5.75 Å². The van der Waals surface area contributed by atoms with E-state index in [1.807, 2.05) is 13.0 Å². The van der Waals surface area contributed by atoms with Gasteiger partial charge in [-0.25, -0.2) is 4.79 Å². The molecule has 1 unspecified atom stereocenters. The lowest BCUT2D eigenvalue weighted by Gasteiger charge is -2.22. The summed E-state index contributed by atoms with van der Waals surface area (Å²) in [5.41, 5.74) is 0.507. The Morgan fingerprint density at radius 2 is 2.13 bits per heavy atom. The van der Waals surface area contributed by atoms with E-state index in [4.69, 9.17) is 4.74 Å². The molecule has 0 aliphatic carbocycles. The van der Waals surface area contributed by atoms with Crippen LogP contribution in [0.25, 0.3) is 0 Å². The minimum absolute atomic E-state index is 0.0381. The number of nitrogens with zero attached hydrogens (tertiary/aromatic N) is 2. The number of imide groups is 1. The number of rotatable bonds is 4. The predicted molar refractivity (Wildman–Crippen MR) is 82.2 cm³/mol. The number of carbonyl (C=O) groups excluding carboxylic acids is 3. The minimum atomic E-state index is -0.371. The summed E-state index contributed by atoms with van der Waals surface area (Å²) < 4.78 is 5.50. The van der Waals surface area contributed by atoms with Crippen LogP contribution in [0.3, 0.4) is 0 Å². The van der Waals surface area contributed by atoms with Gasteiger partial charge in [0.2, 0.25) is 5.91 Å². The number of urea groups is 1. The average molecular weight is 317 g/mol. The van der Waals surface area contributed by atoms with Crippen LogP contribution in [0.15, 0.2) is 24.3 Å². The minimum Gasteiger partial charge on any atom is -0.493 e. The third kappa shape index (κ3) is 2.86. The first-order chi connectivity index (χ1) is 11.1. The first-order valence-corrected chi connectivity index (χ1v) is 7.72. The maximum Gasteiger partial charge on any atom is 0.324 e. The van der Waals surface area contributed by atoms with Gasteiger partial charge in [-0.05, 0) is 25.5 Å². The monoisotopic (exact) mass is 317 g/mol. The van der Waals surface area contributed by atoms with E-state index in [9.17, 15) is 14.4 Å². The molecule has 1 atom stereocenters. The van der Waals surface area contributed by atoms with Gasteiger partial charge in [-0.15, -0.1) is 0 Å². The zero-order chi connectivity index (χ0) is 16.4. The van der Waals surface area contributed by atoms with Crippen molar-refractivity contribution < 1.29 is 19.1 Å². The Morgan fingerprint density at radius 1 is 1.35 bits per heavy atom. The van der Waals surface area contributed by atoms with Gasteiger partial charge in [-0.1, -0.05) is 12.1 Å². The van der Waals surface area contributed by atoms with Gasteiger partial charge in [0.15, 0.2) is 0 Å². The van der Waals surface area contributed by atoms with Gasteiger partial charge in [-0.2, -0.15) is 0 Å². The van der Waals surface area contributed by atoms with E-state index >= 15 is 0 Å². The van der Waals surface area contributed by atoms with Gasteiger partial charge in [0.1, 0.15) is 5.75 Å². The summed E-state index contributed by atoms with van der Waals surface area (Å²) in [4.78, 5) is 39.1. The fraction of sp³-hybridized carbons (Fsp3) is 0.438. The number of para-hydroxylation sites is 1. The molecule has 23 heavy (non-hydrogen) atoms. The number of ether oxygens (including phenoxy) is 1. The molecule has 1 aromatic carbocycles. The predicted octanol–water partition coefficient (Wildman–Crippen LogP) is 0.852. The maximum atomic E-state index is 12.7. The van der Waals surface area contributed by atoms with E-state index < -0.39 is 0 Å². The van der Waals surface area contributed by atoms with Crippen molar-refractivity contribution in [2.24, 2.45) is 0 Å². The lowest BCUT2D eigenvalue weighted by Crippen LogP contribution is -2.42. The van der Waals surface area contributed by atoms with Crippen molar-refractivity contribution in [2.75, 3.05) is 26.2 Å². The molecule has 2 heterocycles. The Hall–Kier alpha value is -2.57. The average Bonchev–Trinajstić information content (AvgIpc) is 3.14. The molecular formula is C16H19N3O4. The van der Waals surface area contributed by atoms with Crippen molar-refractivity contribution in [3.63, 3.8) is 0 Å². The van der Waals surface area contributed by atoms with E-state index in [1.54, 1.807) is 23.1 Å². The summed E-state index contributed by atoms with van der Waals surface area (Å²) in [6.07, 6.45) is 0.599. The molecule has 0 spiro atoms. The van der Waals surface area contributed by atoms with Gasteiger partial charge in [0.25, 0.3) is 5.91 Å². The number of amides is 4. The van der Waals surface area contributed by atoms with Crippen molar-refractivity contribution >= 4 is 17.8 Å². The molecule has 7 heteroatoms. The van der Waals surface area contributed by atoms with Gasteiger partial charge in [-0.3, -0.25) is 14.5 Å². The fourth-order valence-electron chi connectivity index (χ4n) is 3.04. The smallest absolute Gasteiger partial charge is 0.324 e. The van der Waals surface area contributed by atoms with Crippen LogP contribution in [0.1, 0.15) is 23.7 Å². The first-order valence-electron chi connectivity index (χ1n) is 7.72. The topological polar surface area (TPSA) is 79.0 Å². The second kappa shape index (κ2) is 6.28. The second-order valence-corrected chi connectivity index (χ2v) is 5.55. The quantitative estimate of drug-likeness (QED) is 0.835. The van der Waals surface area contributed by atoms with E-state index in [0.717, 1.165) is 0 Å². The lowest BCUT2D eigenvalue weighted by molar-refractivity contribution is -0.126. The number of carbonyl (C=O) groups is 3.